The Kier molecular flexibility index (Phi) is 8.47. The fourth-order valence-electron chi connectivity index (χ4n) is 4.51. The van der Waals surface area contributed by atoms with Crippen molar-refractivity contribution in [1.29, 1.82) is 0 Å². The summed E-state index contributed by atoms with van der Waals surface area (Å²) in [5.74, 6) is 1.21. The first kappa shape index (κ1) is 29.7. The fourth-order valence-corrected chi connectivity index (χ4v) is 4.51. The largest absolute Gasteiger partial charge is 0.376 e. The lowest BCUT2D eigenvalue weighted by Crippen LogP contribution is -2.37. The van der Waals surface area contributed by atoms with Crippen molar-refractivity contribution < 1.29 is 7.65 Å². The van der Waals surface area contributed by atoms with Crippen molar-refractivity contribution in [1.82, 2.24) is 15.6 Å². The van der Waals surface area contributed by atoms with E-state index in [9.17, 15) is 4.79 Å². The molecule has 1 aromatic heterocycles. The van der Waals surface area contributed by atoms with E-state index < -0.39 is 5.54 Å². The van der Waals surface area contributed by atoms with Gasteiger partial charge in [0.05, 0.1) is 23.1 Å². The Morgan fingerprint density at radius 1 is 1.15 bits per heavy atom. The molecule has 2 aromatic rings. The molecule has 1 saturated carbocycles. The van der Waals surface area contributed by atoms with E-state index in [1.54, 1.807) is 0 Å². The highest BCUT2D eigenvalue weighted by Crippen LogP contribution is 2.42. The Hall–Kier alpha value is -4.26. The lowest BCUT2D eigenvalue weighted by atomic mass is 9.86. The standard InChI is InChI=1S/C34H42N6O.2H2/c1-10-35-31-29(37-30(38-31)28-18-17-27(21-36-28)40(8)9)24(4)22(2)11-12-23(3)34(19-20-34)39-32(41)25-13-15-26(16-14-25)33(5,6)7;;/h11-18,21H,2-3,10,19-20H2,1,4-9H3,(H,39,41)(H,35,37,38);2*1H/b12-11-,29-24-;;. The molecule has 218 valence electrons. The van der Waals surface area contributed by atoms with Crippen LogP contribution in [0, 0.1) is 0 Å². The summed E-state index contributed by atoms with van der Waals surface area (Å²) < 4.78 is 0. The van der Waals surface area contributed by atoms with E-state index in [-0.39, 0.29) is 14.2 Å². The van der Waals surface area contributed by atoms with Gasteiger partial charge in [-0.1, -0.05) is 58.2 Å². The number of aliphatic imine (C=N–C) groups is 2. The first-order valence-electron chi connectivity index (χ1n) is 14.1. The van der Waals surface area contributed by atoms with Crippen LogP contribution in [0.1, 0.15) is 71.9 Å². The molecule has 2 N–H and O–H groups in total. The molecule has 0 unspecified atom stereocenters. The van der Waals surface area contributed by atoms with E-state index >= 15 is 0 Å². The molecule has 0 saturated heterocycles. The summed E-state index contributed by atoms with van der Waals surface area (Å²) >= 11 is 0. The van der Waals surface area contributed by atoms with Crippen LogP contribution in [0.4, 0.5) is 5.69 Å². The molecule has 2 aliphatic rings. The molecule has 7 nitrogen and oxygen atoms in total. The van der Waals surface area contributed by atoms with Crippen molar-refractivity contribution in [3.05, 3.63) is 107 Å². The highest BCUT2D eigenvalue weighted by Gasteiger charge is 2.45. The van der Waals surface area contributed by atoms with Crippen LogP contribution in [0.5, 0.6) is 0 Å². The summed E-state index contributed by atoms with van der Waals surface area (Å²) in [6.45, 7) is 19.7. The van der Waals surface area contributed by atoms with Gasteiger partial charge < -0.3 is 15.5 Å². The van der Waals surface area contributed by atoms with Gasteiger partial charge in [0, 0.05) is 29.1 Å². The number of rotatable bonds is 9. The van der Waals surface area contributed by atoms with Gasteiger partial charge in [-0.3, -0.25) is 14.8 Å². The first-order chi connectivity index (χ1) is 19.3. The predicted octanol–water partition coefficient (Wildman–Crippen LogP) is 6.61. The number of carbonyl (C=O) groups is 1. The summed E-state index contributed by atoms with van der Waals surface area (Å²) in [7, 11) is 3.97. The highest BCUT2D eigenvalue weighted by atomic mass is 16.1. The maximum atomic E-state index is 13.0. The molecular weight excluding hydrogens is 508 g/mol. The molecule has 0 spiro atoms. The lowest BCUT2D eigenvalue weighted by Gasteiger charge is -2.20. The monoisotopic (exact) mass is 554 g/mol. The highest BCUT2D eigenvalue weighted by molar-refractivity contribution is 6.19. The number of carbonyl (C=O) groups excluding carboxylic acids is 1. The quantitative estimate of drug-likeness (QED) is 0.342. The SMILES string of the molecule is C=C(/C=C\C(=C)C1(NC(=O)c2ccc(C(C)(C)C)cc2)CC1)/C(C)=C1\NC(c2ccc(N(C)C)cn2)=NC1=NCC.[HH].[HH]. The van der Waals surface area contributed by atoms with E-state index in [0.717, 1.165) is 46.6 Å². The number of amides is 1. The number of allylic oxidation sites excluding steroid dienone is 3. The lowest BCUT2D eigenvalue weighted by molar-refractivity contribution is 0.0939. The number of pyridine rings is 1. The molecule has 7 heteroatoms. The van der Waals surface area contributed by atoms with Gasteiger partial charge >= 0.3 is 0 Å². The van der Waals surface area contributed by atoms with Crippen LogP contribution in [0.15, 0.2) is 100 Å². The molecule has 1 amide bonds. The van der Waals surface area contributed by atoms with E-state index in [1.165, 1.54) is 5.56 Å². The van der Waals surface area contributed by atoms with Crippen LogP contribution in [-0.2, 0) is 5.41 Å². The maximum Gasteiger partial charge on any atom is 0.251 e. The second kappa shape index (κ2) is 11.7. The Bertz CT molecular complexity index is 1470. The zero-order valence-electron chi connectivity index (χ0n) is 25.4. The van der Waals surface area contributed by atoms with Crippen molar-refractivity contribution in [3.63, 3.8) is 0 Å². The van der Waals surface area contributed by atoms with Crippen molar-refractivity contribution >= 4 is 23.3 Å². The summed E-state index contributed by atoms with van der Waals surface area (Å²) in [5.41, 5.74) is 6.66. The van der Waals surface area contributed by atoms with Crippen LogP contribution < -0.4 is 15.5 Å². The van der Waals surface area contributed by atoms with Crippen LogP contribution >= 0.6 is 0 Å². The maximum absolute atomic E-state index is 13.0. The molecular formula is C34H46N6O. The van der Waals surface area contributed by atoms with E-state index in [0.29, 0.717) is 23.8 Å². The van der Waals surface area contributed by atoms with E-state index in [4.69, 9.17) is 4.99 Å². The van der Waals surface area contributed by atoms with Gasteiger partial charge in [-0.15, -0.1) is 0 Å². The summed E-state index contributed by atoms with van der Waals surface area (Å²) in [4.78, 5) is 28.9. The molecule has 4 rings (SSSR count). The topological polar surface area (TPSA) is 82.0 Å². The molecule has 1 fully saturated rings. The second-order valence-electron chi connectivity index (χ2n) is 11.9. The molecule has 2 heterocycles. The van der Waals surface area contributed by atoms with Gasteiger partial charge in [-0.05, 0) is 78.7 Å². The smallest absolute Gasteiger partial charge is 0.251 e. The van der Waals surface area contributed by atoms with Crippen LogP contribution in [-0.4, -0.2) is 48.7 Å². The number of anilines is 1. The molecule has 1 aromatic carbocycles. The van der Waals surface area contributed by atoms with Crippen molar-refractivity contribution in [3.8, 4) is 0 Å². The van der Waals surface area contributed by atoms with Gasteiger partial charge in [-0.25, -0.2) is 4.99 Å². The Balaban J connectivity index is 0.00000323. The van der Waals surface area contributed by atoms with Crippen molar-refractivity contribution in [2.45, 2.75) is 58.4 Å². The second-order valence-corrected chi connectivity index (χ2v) is 11.9. The number of aromatic nitrogens is 1. The number of hydrogen-bond acceptors (Lipinski definition) is 5. The minimum Gasteiger partial charge on any atom is -0.376 e. The number of hydrogen-bond donors (Lipinski definition) is 2. The predicted molar refractivity (Wildman–Crippen MR) is 175 cm³/mol. The third kappa shape index (κ3) is 6.73. The molecule has 0 radical (unpaired) electrons. The van der Waals surface area contributed by atoms with Crippen molar-refractivity contribution in [2.75, 3.05) is 25.5 Å². The van der Waals surface area contributed by atoms with Gasteiger partial charge in [-0.2, -0.15) is 0 Å². The fraction of sp³-hybridized carbons (Fsp3) is 0.353. The number of nitrogens with zero attached hydrogens (tertiary/aromatic N) is 4. The zero-order valence-corrected chi connectivity index (χ0v) is 25.4. The number of benzene rings is 1. The first-order valence-corrected chi connectivity index (χ1v) is 14.1. The Morgan fingerprint density at radius 2 is 1.83 bits per heavy atom. The van der Waals surface area contributed by atoms with E-state index in [2.05, 4.69) is 54.5 Å². The van der Waals surface area contributed by atoms with Gasteiger partial charge in [0.25, 0.3) is 5.91 Å². The molecule has 0 bridgehead atoms. The Labute approximate surface area is 247 Å². The van der Waals surface area contributed by atoms with Gasteiger partial charge in [0.1, 0.15) is 5.69 Å². The summed E-state index contributed by atoms with van der Waals surface area (Å²) in [6.07, 6.45) is 7.45. The normalized spacial score (nSPS) is 18.1. The van der Waals surface area contributed by atoms with Crippen molar-refractivity contribution in [2.24, 2.45) is 9.98 Å². The average molecular weight is 555 g/mol. The summed E-state index contributed by atoms with van der Waals surface area (Å²) in [5, 5.41) is 6.62. The molecule has 1 aliphatic carbocycles. The average Bonchev–Trinajstić information content (AvgIpc) is 3.61. The minimum atomic E-state index is -0.418. The minimum absolute atomic E-state index is 0. The van der Waals surface area contributed by atoms with Crippen LogP contribution in [0.3, 0.4) is 0 Å². The third-order valence-electron chi connectivity index (χ3n) is 7.57. The zero-order chi connectivity index (χ0) is 29.9. The number of nitrogens with one attached hydrogen (secondary N) is 2. The van der Waals surface area contributed by atoms with Gasteiger partial charge in [0.15, 0.2) is 11.7 Å². The number of amidine groups is 2. The summed E-state index contributed by atoms with van der Waals surface area (Å²) in [6, 6.07) is 11.8. The molecule has 0 atom stereocenters. The Morgan fingerprint density at radius 3 is 2.37 bits per heavy atom. The third-order valence-corrected chi connectivity index (χ3v) is 7.57. The van der Waals surface area contributed by atoms with Crippen LogP contribution in [0.2, 0.25) is 0 Å². The molecule has 1 aliphatic heterocycles. The van der Waals surface area contributed by atoms with E-state index in [1.807, 2.05) is 87.6 Å². The molecule has 41 heavy (non-hydrogen) atoms. The van der Waals surface area contributed by atoms with Crippen LogP contribution in [0.25, 0.3) is 0 Å². The van der Waals surface area contributed by atoms with Gasteiger partial charge in [0.2, 0.25) is 0 Å².